The summed E-state index contributed by atoms with van der Waals surface area (Å²) in [5.41, 5.74) is 16.2. The number of benzene rings is 1. The molecule has 0 unspecified atom stereocenters. The number of hydrogen-bond donors (Lipinski definition) is 4. The summed E-state index contributed by atoms with van der Waals surface area (Å²) in [5, 5.41) is 3.57. The van der Waals surface area contributed by atoms with Crippen molar-refractivity contribution in [2.75, 3.05) is 4.72 Å². The maximum absolute atomic E-state index is 12.2. The van der Waals surface area contributed by atoms with Crippen LogP contribution in [0.2, 0.25) is 0 Å². The summed E-state index contributed by atoms with van der Waals surface area (Å²) in [4.78, 5) is 7.49. The van der Waals surface area contributed by atoms with E-state index in [2.05, 4.69) is 19.9 Å². The van der Waals surface area contributed by atoms with Crippen molar-refractivity contribution in [2.24, 2.45) is 27.2 Å². The predicted molar refractivity (Wildman–Crippen MR) is 85.6 cm³/mol. The largest absolute Gasteiger partial charge is 0.370 e. The standard InChI is InChI=1S/C12H15N7O3S/c1-7-6-10(18-22-7)19-23(20,21)9-4-2-8(3-5-9)16-12(15)17-11(13)14/h2-6H,1H3,(H,18,19)(H6,13,14,15,16,17). The SMILES string of the molecule is Cc1cc(NS(=O)(=O)c2ccc(N=C(N)N=C(N)N)cc2)no1. The number of aromatic nitrogens is 1. The first kappa shape index (κ1) is 16.3. The zero-order valence-corrected chi connectivity index (χ0v) is 12.9. The summed E-state index contributed by atoms with van der Waals surface area (Å²) in [6, 6.07) is 7.09. The highest BCUT2D eigenvalue weighted by Gasteiger charge is 2.16. The summed E-state index contributed by atoms with van der Waals surface area (Å²) >= 11 is 0. The average molecular weight is 337 g/mol. The molecule has 0 saturated carbocycles. The minimum Gasteiger partial charge on any atom is -0.370 e. The molecule has 122 valence electrons. The molecule has 23 heavy (non-hydrogen) atoms. The second-order valence-electron chi connectivity index (χ2n) is 4.43. The first-order valence-corrected chi connectivity index (χ1v) is 7.74. The number of hydrogen-bond acceptors (Lipinski definition) is 5. The lowest BCUT2D eigenvalue weighted by Gasteiger charge is -2.05. The van der Waals surface area contributed by atoms with Gasteiger partial charge in [-0.1, -0.05) is 5.16 Å². The molecule has 11 heteroatoms. The van der Waals surface area contributed by atoms with Crippen molar-refractivity contribution in [2.45, 2.75) is 11.8 Å². The van der Waals surface area contributed by atoms with Crippen LogP contribution in [0, 0.1) is 6.92 Å². The van der Waals surface area contributed by atoms with Crippen molar-refractivity contribution in [1.29, 1.82) is 0 Å². The molecule has 0 saturated heterocycles. The smallest absolute Gasteiger partial charge is 0.263 e. The Bertz CT molecular complexity index is 849. The molecule has 0 amide bonds. The fourth-order valence-corrected chi connectivity index (χ4v) is 2.58. The van der Waals surface area contributed by atoms with Gasteiger partial charge in [-0.2, -0.15) is 4.99 Å². The lowest BCUT2D eigenvalue weighted by molar-refractivity contribution is 0.400. The molecule has 1 heterocycles. The number of rotatable bonds is 4. The number of anilines is 1. The summed E-state index contributed by atoms with van der Waals surface area (Å²) in [6.45, 7) is 1.65. The van der Waals surface area contributed by atoms with Gasteiger partial charge in [-0.25, -0.2) is 13.4 Å². The number of aryl methyl sites for hydroxylation is 1. The van der Waals surface area contributed by atoms with Crippen LogP contribution in [0.1, 0.15) is 5.76 Å². The predicted octanol–water partition coefficient (Wildman–Crippen LogP) is 0.00342. The van der Waals surface area contributed by atoms with Crippen molar-refractivity contribution in [3.63, 3.8) is 0 Å². The van der Waals surface area contributed by atoms with Gasteiger partial charge in [-0.3, -0.25) is 4.72 Å². The normalized spacial score (nSPS) is 12.0. The quantitative estimate of drug-likeness (QED) is 0.448. The summed E-state index contributed by atoms with van der Waals surface area (Å²) in [6.07, 6.45) is 0. The van der Waals surface area contributed by atoms with Crippen molar-refractivity contribution >= 4 is 33.4 Å². The number of guanidine groups is 2. The maximum Gasteiger partial charge on any atom is 0.263 e. The molecule has 0 fully saturated rings. The molecule has 0 aliphatic carbocycles. The van der Waals surface area contributed by atoms with Gasteiger partial charge < -0.3 is 21.7 Å². The summed E-state index contributed by atoms with van der Waals surface area (Å²) < 4.78 is 31.5. The Kier molecular flexibility index (Phi) is 4.50. The fourth-order valence-electron chi connectivity index (χ4n) is 1.60. The van der Waals surface area contributed by atoms with Crippen LogP contribution in [0.3, 0.4) is 0 Å². The lowest BCUT2D eigenvalue weighted by Crippen LogP contribution is -2.26. The Morgan fingerprint density at radius 3 is 2.39 bits per heavy atom. The van der Waals surface area contributed by atoms with Gasteiger partial charge in [0.05, 0.1) is 10.6 Å². The maximum atomic E-state index is 12.2. The van der Waals surface area contributed by atoms with E-state index in [1.165, 1.54) is 30.3 Å². The Hall–Kier alpha value is -3.08. The third-order valence-corrected chi connectivity index (χ3v) is 3.87. The van der Waals surface area contributed by atoms with Crippen molar-refractivity contribution < 1.29 is 12.9 Å². The van der Waals surface area contributed by atoms with E-state index < -0.39 is 10.0 Å². The zero-order chi connectivity index (χ0) is 17.0. The molecule has 7 N–H and O–H groups in total. The lowest BCUT2D eigenvalue weighted by atomic mass is 10.3. The number of nitrogens with two attached hydrogens (primary N) is 3. The van der Waals surface area contributed by atoms with Gasteiger partial charge in [0, 0.05) is 6.07 Å². The summed E-state index contributed by atoms with van der Waals surface area (Å²) in [7, 11) is -3.78. The van der Waals surface area contributed by atoms with E-state index in [-0.39, 0.29) is 22.6 Å². The van der Waals surface area contributed by atoms with Crippen molar-refractivity contribution in [3.8, 4) is 0 Å². The summed E-state index contributed by atoms with van der Waals surface area (Å²) in [5.74, 6) is 0.221. The average Bonchev–Trinajstić information content (AvgIpc) is 2.83. The van der Waals surface area contributed by atoms with Gasteiger partial charge in [-0.05, 0) is 31.2 Å². The Balaban J connectivity index is 2.20. The Labute approximate surface area is 132 Å². The first-order chi connectivity index (χ1) is 10.8. The van der Waals surface area contributed by atoms with Gasteiger partial charge in [0.2, 0.25) is 5.96 Å². The molecule has 1 aromatic heterocycles. The highest BCUT2D eigenvalue weighted by Crippen LogP contribution is 2.19. The van der Waals surface area contributed by atoms with Gasteiger partial charge in [0.1, 0.15) is 5.76 Å². The molecule has 0 bridgehead atoms. The van der Waals surface area contributed by atoms with Crippen LogP contribution in [-0.4, -0.2) is 25.5 Å². The van der Waals surface area contributed by atoms with Gasteiger partial charge in [-0.15, -0.1) is 0 Å². The highest BCUT2D eigenvalue weighted by molar-refractivity contribution is 7.92. The second-order valence-corrected chi connectivity index (χ2v) is 6.11. The topological polar surface area (TPSA) is 175 Å². The minimum atomic E-state index is -3.78. The van der Waals surface area contributed by atoms with Crippen LogP contribution >= 0.6 is 0 Å². The molecular formula is C12H15N7O3S. The molecule has 0 radical (unpaired) electrons. The van der Waals surface area contributed by atoms with Crippen LogP contribution in [0.4, 0.5) is 11.5 Å². The van der Waals surface area contributed by atoms with E-state index in [1.807, 2.05) is 0 Å². The van der Waals surface area contributed by atoms with Crippen LogP contribution in [-0.2, 0) is 10.0 Å². The molecule has 2 rings (SSSR count). The molecule has 1 aromatic carbocycles. The second kappa shape index (κ2) is 6.36. The minimum absolute atomic E-state index is 0.0255. The van der Waals surface area contributed by atoms with E-state index in [1.54, 1.807) is 6.92 Å². The number of aliphatic imine (C=N–C) groups is 2. The number of nitrogens with one attached hydrogen (secondary N) is 1. The van der Waals surface area contributed by atoms with Gasteiger partial charge in [0.15, 0.2) is 11.8 Å². The monoisotopic (exact) mass is 337 g/mol. The third kappa shape index (κ3) is 4.44. The van der Waals surface area contributed by atoms with E-state index in [0.717, 1.165) is 0 Å². The molecular weight excluding hydrogens is 322 g/mol. The van der Waals surface area contributed by atoms with Crippen LogP contribution < -0.4 is 21.9 Å². The molecule has 0 aliphatic heterocycles. The van der Waals surface area contributed by atoms with Crippen LogP contribution in [0.15, 0.2) is 49.7 Å². The molecule has 2 aromatic rings. The number of nitrogens with zero attached hydrogens (tertiary/aromatic N) is 3. The van der Waals surface area contributed by atoms with E-state index >= 15 is 0 Å². The molecule has 10 nitrogen and oxygen atoms in total. The number of sulfonamides is 1. The van der Waals surface area contributed by atoms with Crippen LogP contribution in [0.25, 0.3) is 0 Å². The van der Waals surface area contributed by atoms with E-state index in [4.69, 9.17) is 21.7 Å². The van der Waals surface area contributed by atoms with Crippen molar-refractivity contribution in [3.05, 3.63) is 36.1 Å². The third-order valence-electron chi connectivity index (χ3n) is 2.50. The van der Waals surface area contributed by atoms with Crippen molar-refractivity contribution in [1.82, 2.24) is 5.16 Å². The Morgan fingerprint density at radius 1 is 1.22 bits per heavy atom. The zero-order valence-electron chi connectivity index (χ0n) is 12.1. The van der Waals surface area contributed by atoms with E-state index in [0.29, 0.717) is 11.4 Å². The fraction of sp³-hybridized carbons (Fsp3) is 0.0833. The Morgan fingerprint density at radius 2 is 1.87 bits per heavy atom. The van der Waals surface area contributed by atoms with E-state index in [9.17, 15) is 8.42 Å². The molecule has 0 aliphatic rings. The molecule has 0 atom stereocenters. The first-order valence-electron chi connectivity index (χ1n) is 6.26. The van der Waals surface area contributed by atoms with Gasteiger partial charge in [0.25, 0.3) is 10.0 Å². The van der Waals surface area contributed by atoms with Gasteiger partial charge >= 0.3 is 0 Å². The van der Waals surface area contributed by atoms with Crippen LogP contribution in [0.5, 0.6) is 0 Å². The highest BCUT2D eigenvalue weighted by atomic mass is 32.2. The molecule has 0 spiro atoms.